The average Bonchev–Trinajstić information content (AvgIpc) is 3.22. The fourth-order valence-corrected chi connectivity index (χ4v) is 4.56. The van der Waals surface area contributed by atoms with Crippen LogP contribution < -0.4 is 0 Å². The van der Waals surface area contributed by atoms with Crippen LogP contribution in [0.4, 0.5) is 0 Å². The van der Waals surface area contributed by atoms with Gasteiger partial charge in [-0.15, -0.1) is 0 Å². The molecule has 3 atom stereocenters. The van der Waals surface area contributed by atoms with E-state index in [1.54, 1.807) is 30.3 Å². The van der Waals surface area contributed by atoms with Gasteiger partial charge in [-0.3, -0.25) is 9.69 Å². The van der Waals surface area contributed by atoms with Crippen LogP contribution in [0.3, 0.4) is 0 Å². The van der Waals surface area contributed by atoms with Gasteiger partial charge in [0.15, 0.2) is 0 Å². The van der Waals surface area contributed by atoms with E-state index in [4.69, 9.17) is 4.74 Å². The SMILES string of the molecule is CCN1C[C@H]2[C@@H](C1)N(Cc1ccsc1)CC[C@H]2OCC(=O)N(C)C. The Morgan fingerprint density at radius 1 is 1.42 bits per heavy atom. The molecular weight excluding hydrogens is 322 g/mol. The summed E-state index contributed by atoms with van der Waals surface area (Å²) in [6.45, 7) is 7.81. The molecule has 1 amide bonds. The summed E-state index contributed by atoms with van der Waals surface area (Å²) in [7, 11) is 3.57. The highest BCUT2D eigenvalue weighted by Gasteiger charge is 2.44. The topological polar surface area (TPSA) is 36.0 Å². The molecule has 24 heavy (non-hydrogen) atoms. The quantitative estimate of drug-likeness (QED) is 0.782. The number of rotatable bonds is 6. The van der Waals surface area contributed by atoms with Gasteiger partial charge in [0.05, 0.1) is 6.10 Å². The number of likely N-dealkylation sites (N-methyl/N-ethyl adjacent to an activating group) is 2. The molecule has 2 fully saturated rings. The molecule has 0 unspecified atom stereocenters. The van der Waals surface area contributed by atoms with Gasteiger partial charge in [-0.05, 0) is 35.4 Å². The second-order valence-corrected chi connectivity index (χ2v) is 7.89. The first-order valence-electron chi connectivity index (χ1n) is 8.87. The van der Waals surface area contributed by atoms with E-state index in [1.165, 1.54) is 5.56 Å². The van der Waals surface area contributed by atoms with Crippen LogP contribution in [0.25, 0.3) is 0 Å². The molecule has 0 bridgehead atoms. The molecule has 1 aromatic heterocycles. The highest BCUT2D eigenvalue weighted by atomic mass is 32.1. The second-order valence-electron chi connectivity index (χ2n) is 7.11. The molecule has 2 aliphatic heterocycles. The zero-order valence-electron chi connectivity index (χ0n) is 15.0. The summed E-state index contributed by atoms with van der Waals surface area (Å²) in [5.74, 6) is 0.560. The molecule has 0 spiro atoms. The van der Waals surface area contributed by atoms with Crippen molar-refractivity contribution in [2.24, 2.45) is 5.92 Å². The van der Waals surface area contributed by atoms with Crippen molar-refractivity contribution < 1.29 is 9.53 Å². The van der Waals surface area contributed by atoms with Crippen molar-refractivity contribution in [2.45, 2.75) is 32.0 Å². The maximum atomic E-state index is 11.9. The fourth-order valence-electron chi connectivity index (χ4n) is 3.90. The standard InChI is InChI=1S/C18H29N3O2S/c1-4-20-10-15-16(11-20)21(9-14-6-8-24-13-14)7-5-17(15)23-12-18(22)19(2)3/h6,8,13,15-17H,4-5,7,9-12H2,1-3H3/t15-,16+,17+/m0/s1. The molecule has 3 heterocycles. The molecule has 0 aromatic carbocycles. The van der Waals surface area contributed by atoms with Gasteiger partial charge in [0.25, 0.3) is 0 Å². The van der Waals surface area contributed by atoms with Crippen molar-refractivity contribution in [1.82, 2.24) is 14.7 Å². The van der Waals surface area contributed by atoms with Crippen LogP contribution in [0.1, 0.15) is 18.9 Å². The largest absolute Gasteiger partial charge is 0.368 e. The smallest absolute Gasteiger partial charge is 0.248 e. The Balaban J connectivity index is 1.64. The highest BCUT2D eigenvalue weighted by molar-refractivity contribution is 7.07. The summed E-state index contributed by atoms with van der Waals surface area (Å²) in [5, 5.41) is 4.41. The van der Waals surface area contributed by atoms with Gasteiger partial charge >= 0.3 is 0 Å². The number of amides is 1. The third-order valence-corrected chi connectivity index (χ3v) is 6.12. The number of hydrogen-bond acceptors (Lipinski definition) is 5. The van der Waals surface area contributed by atoms with Gasteiger partial charge in [0.1, 0.15) is 6.61 Å². The van der Waals surface area contributed by atoms with Crippen molar-refractivity contribution in [1.29, 1.82) is 0 Å². The predicted octanol–water partition coefficient (Wildman–Crippen LogP) is 1.75. The summed E-state index contributed by atoms with van der Waals surface area (Å²) in [6, 6.07) is 2.77. The second kappa shape index (κ2) is 7.95. The zero-order chi connectivity index (χ0) is 17.1. The lowest BCUT2D eigenvalue weighted by molar-refractivity contribution is -0.139. The Hall–Kier alpha value is -0.950. The van der Waals surface area contributed by atoms with E-state index in [9.17, 15) is 4.79 Å². The van der Waals surface area contributed by atoms with E-state index in [2.05, 4.69) is 33.6 Å². The summed E-state index contributed by atoms with van der Waals surface area (Å²) >= 11 is 1.77. The number of carbonyl (C=O) groups excluding carboxylic acids is 1. The van der Waals surface area contributed by atoms with Crippen LogP contribution in [0.5, 0.6) is 0 Å². The number of hydrogen-bond donors (Lipinski definition) is 0. The maximum absolute atomic E-state index is 11.9. The van der Waals surface area contributed by atoms with Crippen LogP contribution in [0.15, 0.2) is 16.8 Å². The van der Waals surface area contributed by atoms with E-state index in [0.717, 1.165) is 39.1 Å². The minimum Gasteiger partial charge on any atom is -0.368 e. The summed E-state index contributed by atoms with van der Waals surface area (Å²) in [5.41, 5.74) is 1.41. The van der Waals surface area contributed by atoms with Crippen LogP contribution in [-0.4, -0.2) is 79.6 Å². The molecule has 0 radical (unpaired) electrons. The zero-order valence-corrected chi connectivity index (χ0v) is 15.8. The Morgan fingerprint density at radius 2 is 2.25 bits per heavy atom. The molecular formula is C18H29N3O2S. The Kier molecular flexibility index (Phi) is 5.92. The molecule has 1 aromatic rings. The first-order valence-corrected chi connectivity index (χ1v) is 9.82. The van der Waals surface area contributed by atoms with Crippen molar-refractivity contribution in [2.75, 3.05) is 46.9 Å². The molecule has 2 aliphatic rings. The van der Waals surface area contributed by atoms with E-state index in [1.807, 2.05) is 0 Å². The molecule has 0 N–H and O–H groups in total. The Morgan fingerprint density at radius 3 is 2.92 bits per heavy atom. The van der Waals surface area contributed by atoms with Gasteiger partial charge in [0.2, 0.25) is 5.91 Å². The monoisotopic (exact) mass is 351 g/mol. The van der Waals surface area contributed by atoms with E-state index < -0.39 is 0 Å². The molecule has 2 saturated heterocycles. The van der Waals surface area contributed by atoms with Crippen LogP contribution >= 0.6 is 11.3 Å². The highest BCUT2D eigenvalue weighted by Crippen LogP contribution is 2.33. The third kappa shape index (κ3) is 3.99. The number of ether oxygens (including phenoxy) is 1. The van der Waals surface area contributed by atoms with Crippen molar-refractivity contribution in [3.05, 3.63) is 22.4 Å². The van der Waals surface area contributed by atoms with E-state index in [-0.39, 0.29) is 18.6 Å². The number of piperidine rings is 1. The number of thiophene rings is 1. The van der Waals surface area contributed by atoms with Crippen molar-refractivity contribution >= 4 is 17.2 Å². The van der Waals surface area contributed by atoms with Crippen LogP contribution in [0.2, 0.25) is 0 Å². The number of nitrogens with zero attached hydrogens (tertiary/aromatic N) is 3. The maximum Gasteiger partial charge on any atom is 0.248 e. The summed E-state index contributed by atoms with van der Waals surface area (Å²) in [4.78, 5) is 18.6. The molecule has 0 aliphatic carbocycles. The fraction of sp³-hybridized carbons (Fsp3) is 0.722. The van der Waals surface area contributed by atoms with E-state index in [0.29, 0.717) is 12.0 Å². The molecule has 5 nitrogen and oxygen atoms in total. The van der Waals surface area contributed by atoms with Gasteiger partial charge in [-0.25, -0.2) is 0 Å². The Labute approximate surface area is 149 Å². The molecule has 6 heteroatoms. The lowest BCUT2D eigenvalue weighted by Crippen LogP contribution is -2.51. The lowest BCUT2D eigenvalue weighted by atomic mass is 9.88. The number of fused-ring (bicyclic) bond motifs is 1. The van der Waals surface area contributed by atoms with Gasteiger partial charge in [-0.2, -0.15) is 11.3 Å². The van der Waals surface area contributed by atoms with Crippen molar-refractivity contribution in [3.8, 4) is 0 Å². The summed E-state index contributed by atoms with van der Waals surface area (Å²) in [6.07, 6.45) is 1.22. The third-order valence-electron chi connectivity index (χ3n) is 5.39. The van der Waals surface area contributed by atoms with Crippen LogP contribution in [0, 0.1) is 5.92 Å². The predicted molar refractivity (Wildman–Crippen MR) is 97.2 cm³/mol. The molecule has 0 saturated carbocycles. The number of likely N-dealkylation sites (tertiary alicyclic amines) is 2. The minimum atomic E-state index is 0.0533. The van der Waals surface area contributed by atoms with Gasteiger partial charge in [0, 0.05) is 52.2 Å². The first-order chi connectivity index (χ1) is 11.6. The lowest BCUT2D eigenvalue weighted by Gasteiger charge is -2.41. The number of carbonyl (C=O) groups is 1. The molecule has 3 rings (SSSR count). The normalized spacial score (nSPS) is 28.0. The van der Waals surface area contributed by atoms with E-state index >= 15 is 0 Å². The van der Waals surface area contributed by atoms with Crippen LogP contribution in [-0.2, 0) is 16.1 Å². The Bertz CT molecular complexity index is 534. The minimum absolute atomic E-state index is 0.0533. The van der Waals surface area contributed by atoms with Gasteiger partial charge in [-0.1, -0.05) is 6.92 Å². The van der Waals surface area contributed by atoms with Gasteiger partial charge < -0.3 is 14.5 Å². The average molecular weight is 352 g/mol. The first kappa shape index (κ1) is 17.9. The molecule has 134 valence electrons. The summed E-state index contributed by atoms with van der Waals surface area (Å²) < 4.78 is 6.05. The van der Waals surface area contributed by atoms with Crippen molar-refractivity contribution in [3.63, 3.8) is 0 Å².